The van der Waals surface area contributed by atoms with E-state index in [1.807, 2.05) is 54.4 Å². The van der Waals surface area contributed by atoms with Gasteiger partial charge in [0.25, 0.3) is 0 Å². The van der Waals surface area contributed by atoms with Crippen molar-refractivity contribution in [3.05, 3.63) is 64.7 Å². The van der Waals surface area contributed by atoms with Gasteiger partial charge in [0.05, 0.1) is 0 Å². The van der Waals surface area contributed by atoms with E-state index in [4.69, 9.17) is 11.6 Å². The Kier molecular flexibility index (Phi) is 3.84. The summed E-state index contributed by atoms with van der Waals surface area (Å²) in [6.45, 7) is 1.30. The average Bonchev–Trinajstić information content (AvgIpc) is 2.90. The highest BCUT2D eigenvalue weighted by Gasteiger charge is 2.26. The number of carbonyl (C=O) groups is 1. The molecule has 1 aliphatic heterocycles. The van der Waals surface area contributed by atoms with E-state index in [0.29, 0.717) is 11.6 Å². The number of benzene rings is 2. The van der Waals surface area contributed by atoms with Crippen LogP contribution in [0.25, 0.3) is 0 Å². The molecule has 0 aromatic heterocycles. The minimum Gasteiger partial charge on any atom is -0.323 e. The first-order valence-electron chi connectivity index (χ1n) is 7.00. The van der Waals surface area contributed by atoms with Gasteiger partial charge in [0, 0.05) is 30.8 Å². The first kappa shape index (κ1) is 14.0. The standard InChI is InChI=1S/C17H17ClN2O/c1-19(12-13-5-4-7-15(18)11-13)17(21)20-10-9-14-6-2-3-8-16(14)20/h2-8,11H,9-10,12H2,1H3. The number of anilines is 1. The second kappa shape index (κ2) is 5.78. The second-order valence-corrected chi connectivity index (χ2v) is 5.74. The summed E-state index contributed by atoms with van der Waals surface area (Å²) in [5.74, 6) is 0. The van der Waals surface area contributed by atoms with Crippen LogP contribution < -0.4 is 4.90 Å². The van der Waals surface area contributed by atoms with Gasteiger partial charge in [-0.2, -0.15) is 0 Å². The molecule has 2 aromatic rings. The maximum atomic E-state index is 12.6. The molecule has 2 aromatic carbocycles. The summed E-state index contributed by atoms with van der Waals surface area (Å²) in [7, 11) is 1.82. The van der Waals surface area contributed by atoms with Crippen LogP contribution in [0, 0.1) is 0 Å². The topological polar surface area (TPSA) is 23.6 Å². The van der Waals surface area contributed by atoms with Crippen LogP contribution in [0.2, 0.25) is 5.02 Å². The molecular formula is C17H17ClN2O. The fourth-order valence-corrected chi connectivity index (χ4v) is 2.93. The van der Waals surface area contributed by atoms with Gasteiger partial charge in [-0.25, -0.2) is 4.79 Å². The van der Waals surface area contributed by atoms with Crippen molar-refractivity contribution >= 4 is 23.3 Å². The van der Waals surface area contributed by atoms with Crippen LogP contribution in [0.3, 0.4) is 0 Å². The van der Waals surface area contributed by atoms with E-state index in [2.05, 4.69) is 6.07 Å². The smallest absolute Gasteiger partial charge is 0.323 e. The number of halogens is 1. The van der Waals surface area contributed by atoms with Gasteiger partial charge in [-0.1, -0.05) is 41.9 Å². The van der Waals surface area contributed by atoms with Crippen LogP contribution in [0.15, 0.2) is 48.5 Å². The summed E-state index contributed by atoms with van der Waals surface area (Å²) >= 11 is 5.99. The number of nitrogens with zero attached hydrogens (tertiary/aromatic N) is 2. The van der Waals surface area contributed by atoms with Gasteiger partial charge in [-0.15, -0.1) is 0 Å². The third-order valence-corrected chi connectivity index (χ3v) is 3.99. The molecule has 21 heavy (non-hydrogen) atoms. The van der Waals surface area contributed by atoms with Crippen molar-refractivity contribution in [2.24, 2.45) is 0 Å². The molecule has 0 radical (unpaired) electrons. The van der Waals surface area contributed by atoms with E-state index in [1.54, 1.807) is 4.90 Å². The van der Waals surface area contributed by atoms with Crippen molar-refractivity contribution in [3.63, 3.8) is 0 Å². The summed E-state index contributed by atoms with van der Waals surface area (Å²) < 4.78 is 0. The van der Waals surface area contributed by atoms with E-state index < -0.39 is 0 Å². The first-order valence-corrected chi connectivity index (χ1v) is 7.38. The minimum atomic E-state index is 0.0277. The molecule has 3 rings (SSSR count). The monoisotopic (exact) mass is 300 g/mol. The Hall–Kier alpha value is -2.00. The van der Waals surface area contributed by atoms with Crippen molar-refractivity contribution < 1.29 is 4.79 Å². The predicted molar refractivity (Wildman–Crippen MR) is 85.8 cm³/mol. The number of carbonyl (C=O) groups excluding carboxylic acids is 1. The van der Waals surface area contributed by atoms with E-state index in [0.717, 1.165) is 24.2 Å². The molecule has 0 fully saturated rings. The molecule has 0 unspecified atom stereocenters. The van der Waals surface area contributed by atoms with Crippen molar-refractivity contribution in [1.82, 2.24) is 4.90 Å². The number of para-hydroxylation sites is 1. The molecule has 1 heterocycles. The normalized spacial score (nSPS) is 13.1. The maximum Gasteiger partial charge on any atom is 0.324 e. The number of urea groups is 1. The van der Waals surface area contributed by atoms with E-state index in [1.165, 1.54) is 5.56 Å². The van der Waals surface area contributed by atoms with E-state index in [9.17, 15) is 4.79 Å². The summed E-state index contributed by atoms with van der Waals surface area (Å²) in [6.07, 6.45) is 0.924. The van der Waals surface area contributed by atoms with Gasteiger partial charge in [-0.3, -0.25) is 4.90 Å². The molecular weight excluding hydrogens is 284 g/mol. The van der Waals surface area contributed by atoms with Gasteiger partial charge < -0.3 is 4.90 Å². The molecule has 4 heteroatoms. The van der Waals surface area contributed by atoms with E-state index in [-0.39, 0.29) is 6.03 Å². The average molecular weight is 301 g/mol. The van der Waals surface area contributed by atoms with Crippen LogP contribution >= 0.6 is 11.6 Å². The highest BCUT2D eigenvalue weighted by molar-refractivity contribution is 6.30. The van der Waals surface area contributed by atoms with Gasteiger partial charge in [0.2, 0.25) is 0 Å². The van der Waals surface area contributed by atoms with Crippen molar-refractivity contribution in [2.75, 3.05) is 18.5 Å². The summed E-state index contributed by atoms with van der Waals surface area (Å²) in [5.41, 5.74) is 3.30. The minimum absolute atomic E-state index is 0.0277. The second-order valence-electron chi connectivity index (χ2n) is 5.30. The van der Waals surface area contributed by atoms with Crippen LogP contribution in [0.4, 0.5) is 10.5 Å². The Morgan fingerprint density at radius 1 is 1.24 bits per heavy atom. The van der Waals surface area contributed by atoms with Crippen LogP contribution in [0.1, 0.15) is 11.1 Å². The number of hydrogen-bond acceptors (Lipinski definition) is 1. The Labute approximate surface area is 129 Å². The fourth-order valence-electron chi connectivity index (χ4n) is 2.72. The van der Waals surface area contributed by atoms with Crippen LogP contribution in [-0.2, 0) is 13.0 Å². The molecule has 108 valence electrons. The summed E-state index contributed by atoms with van der Waals surface area (Å²) in [5, 5.41) is 0.694. The summed E-state index contributed by atoms with van der Waals surface area (Å²) in [4.78, 5) is 16.2. The number of rotatable bonds is 2. The summed E-state index contributed by atoms with van der Waals surface area (Å²) in [6, 6.07) is 15.7. The lowest BCUT2D eigenvalue weighted by molar-refractivity contribution is 0.214. The molecule has 3 nitrogen and oxygen atoms in total. The fraction of sp³-hybridized carbons (Fsp3) is 0.235. The van der Waals surface area contributed by atoms with Crippen LogP contribution in [-0.4, -0.2) is 24.5 Å². The molecule has 0 bridgehead atoms. The van der Waals surface area contributed by atoms with Gasteiger partial charge in [0.1, 0.15) is 0 Å². The largest absolute Gasteiger partial charge is 0.324 e. The first-order chi connectivity index (χ1) is 10.1. The molecule has 2 amide bonds. The van der Waals surface area contributed by atoms with E-state index >= 15 is 0 Å². The molecule has 0 saturated heterocycles. The van der Waals surface area contributed by atoms with Crippen molar-refractivity contribution in [1.29, 1.82) is 0 Å². The Morgan fingerprint density at radius 2 is 2.05 bits per heavy atom. The lowest BCUT2D eigenvalue weighted by Crippen LogP contribution is -2.39. The third-order valence-electron chi connectivity index (χ3n) is 3.75. The van der Waals surface area contributed by atoms with Crippen LogP contribution in [0.5, 0.6) is 0 Å². The zero-order valence-electron chi connectivity index (χ0n) is 11.9. The van der Waals surface area contributed by atoms with Gasteiger partial charge in [0.15, 0.2) is 0 Å². The van der Waals surface area contributed by atoms with Crippen molar-refractivity contribution in [3.8, 4) is 0 Å². The quantitative estimate of drug-likeness (QED) is 0.823. The predicted octanol–water partition coefficient (Wildman–Crippen LogP) is 3.95. The van der Waals surface area contributed by atoms with Gasteiger partial charge in [-0.05, 0) is 35.7 Å². The SMILES string of the molecule is CN(Cc1cccc(Cl)c1)C(=O)N1CCc2ccccc21. The number of amides is 2. The van der Waals surface area contributed by atoms with Gasteiger partial charge >= 0.3 is 6.03 Å². The zero-order chi connectivity index (χ0) is 14.8. The maximum absolute atomic E-state index is 12.6. The molecule has 0 N–H and O–H groups in total. The molecule has 0 atom stereocenters. The van der Waals surface area contributed by atoms with Crippen molar-refractivity contribution in [2.45, 2.75) is 13.0 Å². The number of fused-ring (bicyclic) bond motifs is 1. The molecule has 1 aliphatic rings. The molecule has 0 spiro atoms. The molecule has 0 saturated carbocycles. The Morgan fingerprint density at radius 3 is 2.86 bits per heavy atom. The lowest BCUT2D eigenvalue weighted by atomic mass is 10.2. The number of hydrogen-bond donors (Lipinski definition) is 0. The Bertz CT molecular complexity index is 671. The highest BCUT2D eigenvalue weighted by Crippen LogP contribution is 2.28. The zero-order valence-corrected chi connectivity index (χ0v) is 12.7. The Balaban J connectivity index is 1.74. The molecule has 0 aliphatic carbocycles. The lowest BCUT2D eigenvalue weighted by Gasteiger charge is -2.25. The highest BCUT2D eigenvalue weighted by atomic mass is 35.5. The third kappa shape index (κ3) is 2.88.